The van der Waals surface area contributed by atoms with Gasteiger partial charge < -0.3 is 10.2 Å². The molecule has 1 aromatic heterocycles. The molecule has 0 bridgehead atoms. The molecule has 2 aromatic carbocycles. The van der Waals surface area contributed by atoms with E-state index < -0.39 is 11.6 Å². The fourth-order valence-electron chi connectivity index (χ4n) is 1.80. The van der Waals surface area contributed by atoms with Crippen LogP contribution >= 0.6 is 15.9 Å². The van der Waals surface area contributed by atoms with Crippen LogP contribution in [0.1, 0.15) is 0 Å². The molecule has 3 aromatic rings. The zero-order valence-electron chi connectivity index (χ0n) is 9.45. The maximum Gasteiger partial charge on any atom is 0.230 e. The first-order chi connectivity index (χ1) is 9.04. The van der Waals surface area contributed by atoms with E-state index in [4.69, 9.17) is 10.2 Å². The van der Waals surface area contributed by atoms with E-state index in [2.05, 4.69) is 20.9 Å². The van der Waals surface area contributed by atoms with Crippen molar-refractivity contribution in [3.63, 3.8) is 0 Å². The van der Waals surface area contributed by atoms with Gasteiger partial charge >= 0.3 is 0 Å². The van der Waals surface area contributed by atoms with Gasteiger partial charge in [-0.2, -0.15) is 0 Å². The smallest absolute Gasteiger partial charge is 0.230 e. The molecule has 0 unspecified atom stereocenters. The molecule has 0 aliphatic heterocycles. The molecule has 1 heterocycles. The van der Waals surface area contributed by atoms with Crippen molar-refractivity contribution in [2.45, 2.75) is 0 Å². The zero-order valence-corrected chi connectivity index (χ0v) is 11.0. The summed E-state index contributed by atoms with van der Waals surface area (Å²) in [5.41, 5.74) is 6.95. The molecule has 0 saturated carbocycles. The molecular formula is C13H7BrF2N2O. The van der Waals surface area contributed by atoms with E-state index in [0.29, 0.717) is 16.8 Å². The second-order valence-electron chi connectivity index (χ2n) is 3.99. The van der Waals surface area contributed by atoms with Crippen molar-refractivity contribution in [1.29, 1.82) is 0 Å². The fourth-order valence-corrected chi connectivity index (χ4v) is 2.26. The number of benzene rings is 2. The molecule has 19 heavy (non-hydrogen) atoms. The summed E-state index contributed by atoms with van der Waals surface area (Å²) < 4.78 is 33.0. The number of oxazole rings is 1. The van der Waals surface area contributed by atoms with Crippen LogP contribution in [0.4, 0.5) is 14.5 Å². The highest BCUT2D eigenvalue weighted by Crippen LogP contribution is 2.31. The summed E-state index contributed by atoms with van der Waals surface area (Å²) in [6, 6.07) is 6.44. The summed E-state index contributed by atoms with van der Waals surface area (Å²) in [7, 11) is 0. The molecular weight excluding hydrogens is 318 g/mol. The number of anilines is 1. The van der Waals surface area contributed by atoms with Crippen LogP contribution in [0, 0.1) is 11.6 Å². The van der Waals surface area contributed by atoms with Crippen molar-refractivity contribution in [3.05, 3.63) is 46.4 Å². The summed E-state index contributed by atoms with van der Waals surface area (Å²) >= 11 is 3.28. The highest BCUT2D eigenvalue weighted by Gasteiger charge is 2.15. The molecule has 0 aliphatic rings. The van der Waals surface area contributed by atoms with Crippen LogP contribution in [0.25, 0.3) is 22.6 Å². The van der Waals surface area contributed by atoms with Crippen LogP contribution in [-0.2, 0) is 0 Å². The van der Waals surface area contributed by atoms with Crippen molar-refractivity contribution >= 4 is 32.7 Å². The van der Waals surface area contributed by atoms with E-state index in [9.17, 15) is 8.78 Å². The SMILES string of the molecule is Nc1cc(Br)cc2nc(-c3cc(F)ccc3F)oc12. The van der Waals surface area contributed by atoms with Gasteiger partial charge in [0.2, 0.25) is 5.89 Å². The van der Waals surface area contributed by atoms with Crippen LogP contribution < -0.4 is 5.73 Å². The minimum atomic E-state index is -0.606. The van der Waals surface area contributed by atoms with E-state index in [1.165, 1.54) is 0 Å². The summed E-state index contributed by atoms with van der Waals surface area (Å²) in [5, 5.41) is 0. The molecule has 96 valence electrons. The molecule has 0 atom stereocenters. The Morgan fingerprint density at radius 2 is 1.95 bits per heavy atom. The Balaban J connectivity index is 2.26. The van der Waals surface area contributed by atoms with E-state index in [0.717, 1.165) is 22.7 Å². The molecule has 6 heteroatoms. The fraction of sp³-hybridized carbons (Fsp3) is 0. The summed E-state index contributed by atoms with van der Waals surface area (Å²) in [6.07, 6.45) is 0. The van der Waals surface area contributed by atoms with Gasteiger partial charge in [-0.05, 0) is 30.3 Å². The molecule has 2 N–H and O–H groups in total. The largest absolute Gasteiger partial charge is 0.434 e. The Hall–Kier alpha value is -1.95. The number of nitrogen functional groups attached to an aromatic ring is 1. The number of nitrogens with zero attached hydrogens (tertiary/aromatic N) is 1. The number of aromatic nitrogens is 1. The van der Waals surface area contributed by atoms with Crippen LogP contribution in [0.2, 0.25) is 0 Å². The van der Waals surface area contributed by atoms with Crippen LogP contribution in [0.15, 0.2) is 39.2 Å². The van der Waals surface area contributed by atoms with Gasteiger partial charge in [0.15, 0.2) is 5.58 Å². The van der Waals surface area contributed by atoms with Crippen LogP contribution in [-0.4, -0.2) is 4.98 Å². The molecule has 3 rings (SSSR count). The van der Waals surface area contributed by atoms with E-state index in [-0.39, 0.29) is 11.5 Å². The number of fused-ring (bicyclic) bond motifs is 1. The number of nitrogens with two attached hydrogens (primary N) is 1. The predicted octanol–water partition coefficient (Wildman–Crippen LogP) is 4.12. The lowest BCUT2D eigenvalue weighted by Crippen LogP contribution is -1.85. The van der Waals surface area contributed by atoms with Crippen molar-refractivity contribution in [3.8, 4) is 11.5 Å². The number of hydrogen-bond acceptors (Lipinski definition) is 3. The first-order valence-corrected chi connectivity index (χ1v) is 6.15. The Bertz CT molecular complexity index is 786. The average molecular weight is 325 g/mol. The lowest BCUT2D eigenvalue weighted by Gasteiger charge is -1.97. The van der Waals surface area contributed by atoms with E-state index >= 15 is 0 Å². The Morgan fingerprint density at radius 3 is 2.74 bits per heavy atom. The molecule has 3 nitrogen and oxygen atoms in total. The Morgan fingerprint density at radius 1 is 1.16 bits per heavy atom. The first kappa shape index (κ1) is 12.1. The van der Waals surface area contributed by atoms with Gasteiger partial charge in [0.25, 0.3) is 0 Å². The van der Waals surface area contributed by atoms with Crippen LogP contribution in [0.5, 0.6) is 0 Å². The van der Waals surface area contributed by atoms with Gasteiger partial charge in [-0.15, -0.1) is 0 Å². The number of rotatable bonds is 1. The number of halogens is 3. The van der Waals surface area contributed by atoms with Crippen molar-refractivity contribution in [2.75, 3.05) is 5.73 Å². The normalized spacial score (nSPS) is 11.1. The second-order valence-corrected chi connectivity index (χ2v) is 4.90. The average Bonchev–Trinajstić information content (AvgIpc) is 2.76. The standard InChI is InChI=1S/C13H7BrF2N2O/c14-6-3-10(17)12-11(4-6)18-13(19-12)8-5-7(15)1-2-9(8)16/h1-5H,17H2. The van der Waals surface area contributed by atoms with Crippen LogP contribution in [0.3, 0.4) is 0 Å². The lowest BCUT2D eigenvalue weighted by atomic mass is 10.2. The first-order valence-electron chi connectivity index (χ1n) is 5.35. The monoisotopic (exact) mass is 324 g/mol. The van der Waals surface area contributed by atoms with Gasteiger partial charge in [-0.3, -0.25) is 0 Å². The minimum absolute atomic E-state index is 0.00296. The summed E-state index contributed by atoms with van der Waals surface area (Å²) in [4.78, 5) is 4.12. The maximum atomic E-state index is 13.7. The lowest BCUT2D eigenvalue weighted by molar-refractivity contribution is 0.580. The number of hydrogen-bond donors (Lipinski definition) is 1. The zero-order chi connectivity index (χ0) is 13.6. The third-order valence-electron chi connectivity index (χ3n) is 2.64. The predicted molar refractivity (Wildman–Crippen MR) is 71.5 cm³/mol. The maximum absolute atomic E-state index is 13.7. The van der Waals surface area contributed by atoms with Gasteiger partial charge in [-0.1, -0.05) is 15.9 Å². The topological polar surface area (TPSA) is 52.0 Å². The highest BCUT2D eigenvalue weighted by molar-refractivity contribution is 9.10. The quantitative estimate of drug-likeness (QED) is 0.685. The molecule has 0 saturated heterocycles. The Kier molecular flexibility index (Phi) is 2.74. The Labute approximate surface area is 115 Å². The van der Waals surface area contributed by atoms with Crippen molar-refractivity contribution in [2.24, 2.45) is 0 Å². The molecule has 0 fully saturated rings. The summed E-state index contributed by atoms with van der Waals surface area (Å²) in [5.74, 6) is -1.17. The molecule has 0 amide bonds. The van der Waals surface area contributed by atoms with E-state index in [1.54, 1.807) is 12.1 Å². The van der Waals surface area contributed by atoms with Gasteiger partial charge in [0.1, 0.15) is 17.2 Å². The molecule has 0 spiro atoms. The third kappa shape index (κ3) is 2.08. The van der Waals surface area contributed by atoms with E-state index in [1.807, 2.05) is 0 Å². The van der Waals surface area contributed by atoms with Crippen molar-refractivity contribution < 1.29 is 13.2 Å². The van der Waals surface area contributed by atoms with Gasteiger partial charge in [-0.25, -0.2) is 13.8 Å². The van der Waals surface area contributed by atoms with Gasteiger partial charge in [0, 0.05) is 4.47 Å². The molecule has 0 aliphatic carbocycles. The molecule has 0 radical (unpaired) electrons. The summed E-state index contributed by atoms with van der Waals surface area (Å²) in [6.45, 7) is 0. The second kappa shape index (κ2) is 4.31. The van der Waals surface area contributed by atoms with Crippen molar-refractivity contribution in [1.82, 2.24) is 4.98 Å². The highest BCUT2D eigenvalue weighted by atomic mass is 79.9. The van der Waals surface area contributed by atoms with Gasteiger partial charge in [0.05, 0.1) is 11.3 Å². The third-order valence-corrected chi connectivity index (χ3v) is 3.10. The minimum Gasteiger partial charge on any atom is -0.434 e.